The molecule has 5 nitrogen and oxygen atoms in total. The molecule has 108 valence electrons. The summed E-state index contributed by atoms with van der Waals surface area (Å²) in [6.45, 7) is 1.12. The molecule has 1 aromatic rings. The number of carbonyl (C=O) groups excluding carboxylic acids is 2. The first-order chi connectivity index (χ1) is 9.60. The summed E-state index contributed by atoms with van der Waals surface area (Å²) in [6.07, 6.45) is 1.84. The Morgan fingerprint density at radius 1 is 1.35 bits per heavy atom. The van der Waals surface area contributed by atoms with Gasteiger partial charge in [-0.1, -0.05) is 12.1 Å². The zero-order chi connectivity index (χ0) is 14.5. The molecule has 0 spiro atoms. The topological polar surface area (TPSA) is 72.6 Å². The Hall–Kier alpha value is -2.04. The second-order valence-electron chi connectivity index (χ2n) is 5.09. The van der Waals surface area contributed by atoms with Crippen molar-refractivity contribution in [3.63, 3.8) is 0 Å². The van der Waals surface area contributed by atoms with Gasteiger partial charge in [-0.3, -0.25) is 9.59 Å². The number of nitrogens with zero attached hydrogens (tertiary/aromatic N) is 1. The van der Waals surface area contributed by atoms with E-state index in [1.807, 2.05) is 24.3 Å². The lowest BCUT2D eigenvalue weighted by Crippen LogP contribution is -2.30. The Bertz CT molecular complexity index is 484. The third-order valence-corrected chi connectivity index (χ3v) is 3.68. The van der Waals surface area contributed by atoms with Gasteiger partial charge in [0.05, 0.1) is 13.0 Å². The molecule has 20 heavy (non-hydrogen) atoms. The SMILES string of the molecule is COC(=O)C1CCN(C(=O)CCc2ccc(N)cc2)C1. The normalized spacial score (nSPS) is 18.1. The summed E-state index contributed by atoms with van der Waals surface area (Å²) in [5, 5.41) is 0. The molecule has 0 saturated carbocycles. The lowest BCUT2D eigenvalue weighted by Gasteiger charge is -2.16. The number of amides is 1. The predicted octanol–water partition coefficient (Wildman–Crippen LogP) is 1.22. The highest BCUT2D eigenvalue weighted by atomic mass is 16.5. The van der Waals surface area contributed by atoms with Crippen LogP contribution in [0.1, 0.15) is 18.4 Å². The molecule has 1 aliphatic heterocycles. The van der Waals surface area contributed by atoms with Crippen molar-refractivity contribution in [3.05, 3.63) is 29.8 Å². The minimum absolute atomic E-state index is 0.0910. The molecule has 2 N–H and O–H groups in total. The van der Waals surface area contributed by atoms with E-state index >= 15 is 0 Å². The molecular weight excluding hydrogens is 256 g/mol. The molecule has 2 rings (SSSR count). The summed E-state index contributed by atoms with van der Waals surface area (Å²) in [5.74, 6) is -0.299. The molecular formula is C15H20N2O3. The number of ether oxygens (including phenoxy) is 1. The van der Waals surface area contributed by atoms with E-state index < -0.39 is 0 Å². The van der Waals surface area contributed by atoms with Crippen LogP contribution in [0.25, 0.3) is 0 Å². The Morgan fingerprint density at radius 2 is 2.05 bits per heavy atom. The van der Waals surface area contributed by atoms with Crippen molar-refractivity contribution in [1.29, 1.82) is 0 Å². The van der Waals surface area contributed by atoms with Crippen LogP contribution in [0.15, 0.2) is 24.3 Å². The van der Waals surface area contributed by atoms with Crippen molar-refractivity contribution in [2.24, 2.45) is 5.92 Å². The minimum Gasteiger partial charge on any atom is -0.469 e. The molecule has 1 fully saturated rings. The monoisotopic (exact) mass is 276 g/mol. The first kappa shape index (κ1) is 14.4. The molecule has 1 saturated heterocycles. The fourth-order valence-electron chi connectivity index (χ4n) is 2.44. The van der Waals surface area contributed by atoms with Crippen LogP contribution >= 0.6 is 0 Å². The van der Waals surface area contributed by atoms with Gasteiger partial charge in [0.1, 0.15) is 0 Å². The van der Waals surface area contributed by atoms with Gasteiger partial charge in [-0.25, -0.2) is 0 Å². The molecule has 1 amide bonds. The van der Waals surface area contributed by atoms with Crippen LogP contribution < -0.4 is 5.73 Å². The lowest BCUT2D eigenvalue weighted by atomic mass is 10.1. The number of hydrogen-bond acceptors (Lipinski definition) is 4. The van der Waals surface area contributed by atoms with Gasteiger partial charge in [-0.05, 0) is 30.5 Å². The standard InChI is InChI=1S/C15H20N2O3/c1-20-15(19)12-8-9-17(10-12)14(18)7-4-11-2-5-13(16)6-3-11/h2-3,5-6,12H,4,7-10,16H2,1H3. The maximum Gasteiger partial charge on any atom is 0.310 e. The number of benzene rings is 1. The average molecular weight is 276 g/mol. The van der Waals surface area contributed by atoms with Crippen molar-refractivity contribution in [1.82, 2.24) is 4.90 Å². The van der Waals surface area contributed by atoms with E-state index in [0.717, 1.165) is 11.3 Å². The molecule has 0 radical (unpaired) electrons. The van der Waals surface area contributed by atoms with Gasteiger partial charge in [-0.2, -0.15) is 0 Å². The van der Waals surface area contributed by atoms with E-state index in [9.17, 15) is 9.59 Å². The Labute approximate surface area is 118 Å². The Balaban J connectivity index is 1.81. The van der Waals surface area contributed by atoms with Gasteiger partial charge in [0, 0.05) is 25.2 Å². The van der Waals surface area contributed by atoms with Gasteiger partial charge >= 0.3 is 5.97 Å². The summed E-state index contributed by atoms with van der Waals surface area (Å²) in [5.41, 5.74) is 7.44. The molecule has 0 bridgehead atoms. The molecule has 0 aromatic heterocycles. The lowest BCUT2D eigenvalue weighted by molar-refractivity contribution is -0.145. The fraction of sp³-hybridized carbons (Fsp3) is 0.467. The van der Waals surface area contributed by atoms with Crippen molar-refractivity contribution >= 4 is 17.6 Å². The summed E-state index contributed by atoms with van der Waals surface area (Å²) in [4.78, 5) is 25.3. The van der Waals surface area contributed by atoms with E-state index in [-0.39, 0.29) is 17.8 Å². The number of hydrogen-bond donors (Lipinski definition) is 1. The molecule has 1 aliphatic rings. The van der Waals surface area contributed by atoms with Gasteiger partial charge in [0.15, 0.2) is 0 Å². The van der Waals surface area contributed by atoms with Gasteiger partial charge in [0.25, 0.3) is 0 Å². The number of nitrogens with two attached hydrogens (primary N) is 1. The maximum atomic E-state index is 12.1. The van der Waals surface area contributed by atoms with Crippen LogP contribution in [0.5, 0.6) is 0 Å². The highest BCUT2D eigenvalue weighted by Crippen LogP contribution is 2.19. The molecule has 1 heterocycles. The average Bonchev–Trinajstić information content (AvgIpc) is 2.95. The van der Waals surface area contributed by atoms with Crippen LogP contribution in [0.2, 0.25) is 0 Å². The third kappa shape index (κ3) is 3.50. The highest BCUT2D eigenvalue weighted by Gasteiger charge is 2.31. The molecule has 1 aromatic carbocycles. The van der Waals surface area contributed by atoms with Crippen LogP contribution in [0, 0.1) is 5.92 Å². The zero-order valence-corrected chi connectivity index (χ0v) is 11.7. The molecule has 1 unspecified atom stereocenters. The Morgan fingerprint density at radius 3 is 2.70 bits per heavy atom. The van der Waals surface area contributed by atoms with Gasteiger partial charge < -0.3 is 15.4 Å². The fourth-order valence-corrected chi connectivity index (χ4v) is 2.44. The number of likely N-dealkylation sites (tertiary alicyclic amines) is 1. The van der Waals surface area contributed by atoms with E-state index in [1.165, 1.54) is 7.11 Å². The number of methoxy groups -OCH3 is 1. The van der Waals surface area contributed by atoms with Crippen molar-refractivity contribution in [3.8, 4) is 0 Å². The number of nitrogen functional groups attached to an aromatic ring is 1. The Kier molecular flexibility index (Phi) is 4.61. The van der Waals surface area contributed by atoms with Crippen molar-refractivity contribution in [2.45, 2.75) is 19.3 Å². The third-order valence-electron chi connectivity index (χ3n) is 3.68. The van der Waals surface area contributed by atoms with E-state index in [0.29, 0.717) is 32.4 Å². The predicted molar refractivity (Wildman–Crippen MR) is 75.9 cm³/mol. The summed E-state index contributed by atoms with van der Waals surface area (Å²) >= 11 is 0. The van der Waals surface area contributed by atoms with Crippen LogP contribution in [-0.4, -0.2) is 37.0 Å². The van der Waals surface area contributed by atoms with Crippen LogP contribution in [0.4, 0.5) is 5.69 Å². The molecule has 5 heteroatoms. The number of carbonyl (C=O) groups is 2. The largest absolute Gasteiger partial charge is 0.469 e. The van der Waals surface area contributed by atoms with E-state index in [1.54, 1.807) is 4.90 Å². The smallest absolute Gasteiger partial charge is 0.310 e. The second kappa shape index (κ2) is 6.41. The number of rotatable bonds is 4. The number of aryl methyl sites for hydroxylation is 1. The van der Waals surface area contributed by atoms with Crippen molar-refractivity contribution < 1.29 is 14.3 Å². The number of esters is 1. The summed E-state index contributed by atoms with van der Waals surface area (Å²) in [6, 6.07) is 7.54. The summed E-state index contributed by atoms with van der Waals surface area (Å²) in [7, 11) is 1.38. The first-order valence-electron chi connectivity index (χ1n) is 6.80. The van der Waals surface area contributed by atoms with Crippen LogP contribution in [0.3, 0.4) is 0 Å². The molecule has 1 atom stereocenters. The minimum atomic E-state index is -0.223. The van der Waals surface area contributed by atoms with E-state index in [2.05, 4.69) is 0 Å². The van der Waals surface area contributed by atoms with Crippen molar-refractivity contribution in [2.75, 3.05) is 25.9 Å². The second-order valence-corrected chi connectivity index (χ2v) is 5.09. The van der Waals surface area contributed by atoms with Crippen LogP contribution in [-0.2, 0) is 20.7 Å². The quantitative estimate of drug-likeness (QED) is 0.663. The van der Waals surface area contributed by atoms with Gasteiger partial charge in [-0.15, -0.1) is 0 Å². The first-order valence-corrected chi connectivity index (χ1v) is 6.80. The number of anilines is 1. The molecule has 0 aliphatic carbocycles. The summed E-state index contributed by atoms with van der Waals surface area (Å²) < 4.78 is 4.71. The van der Waals surface area contributed by atoms with E-state index in [4.69, 9.17) is 10.5 Å². The zero-order valence-electron chi connectivity index (χ0n) is 11.7. The maximum absolute atomic E-state index is 12.1. The van der Waals surface area contributed by atoms with Gasteiger partial charge in [0.2, 0.25) is 5.91 Å². The highest BCUT2D eigenvalue weighted by molar-refractivity contribution is 5.79.